The summed E-state index contributed by atoms with van der Waals surface area (Å²) < 4.78 is 43.7. The number of aryl methyl sites for hydroxylation is 1. The highest BCUT2D eigenvalue weighted by Crippen LogP contribution is 2.27. The van der Waals surface area contributed by atoms with Gasteiger partial charge in [-0.1, -0.05) is 17.7 Å². The zero-order valence-corrected chi connectivity index (χ0v) is 20.9. The number of esters is 1. The molecule has 1 aromatic carbocycles. The second kappa shape index (κ2) is 12.7. The molecule has 0 bridgehead atoms. The Kier molecular flexibility index (Phi) is 9.64. The van der Waals surface area contributed by atoms with Crippen LogP contribution in [0.4, 0.5) is 24.7 Å². The third-order valence-electron chi connectivity index (χ3n) is 5.64. The van der Waals surface area contributed by atoms with Gasteiger partial charge in [-0.25, -0.2) is 9.78 Å². The summed E-state index contributed by atoms with van der Waals surface area (Å²) in [6.07, 6.45) is -3.19. The summed E-state index contributed by atoms with van der Waals surface area (Å²) in [5.41, 5.74) is 0.119. The molecule has 1 aliphatic heterocycles. The summed E-state index contributed by atoms with van der Waals surface area (Å²) in [5, 5.41) is 5.97. The minimum absolute atomic E-state index is 0.0256. The number of hydroxylamine groups is 1. The van der Waals surface area contributed by atoms with Crippen LogP contribution < -0.4 is 15.7 Å². The molecule has 2 N–H and O–H groups in total. The van der Waals surface area contributed by atoms with E-state index in [0.29, 0.717) is 31.5 Å². The van der Waals surface area contributed by atoms with Crippen LogP contribution in [0.5, 0.6) is 0 Å². The molecule has 0 spiro atoms. The topological polar surface area (TPSA) is 127 Å². The molecule has 1 fully saturated rings. The number of nitrogens with zero attached hydrogens (tertiary/aromatic N) is 2. The molecular formula is C24H24ClF3N4O6. The van der Waals surface area contributed by atoms with Crippen molar-refractivity contribution in [3.05, 3.63) is 52.7 Å². The van der Waals surface area contributed by atoms with E-state index in [4.69, 9.17) is 11.6 Å². The second-order valence-corrected chi connectivity index (χ2v) is 8.72. The van der Waals surface area contributed by atoms with Crippen LogP contribution in [0.2, 0.25) is 5.02 Å². The summed E-state index contributed by atoms with van der Waals surface area (Å²) in [6, 6.07) is 6.53. The van der Waals surface area contributed by atoms with E-state index in [0.717, 1.165) is 12.3 Å². The standard InChI is InChI=1S/C24H24ClF3N4O6/c1-37-20(33)7-3-14-2-5-18(31-21(34)15-8-10-29-11-9-15)17(12-14)22(35)32(38-23(36)24(26,27)28)19-6-4-16(25)13-30-19/h2,4-6,12-13,15,29H,3,7-11H2,1H3,(H,31,34). The Hall–Kier alpha value is -3.71. The van der Waals surface area contributed by atoms with Crippen molar-refractivity contribution in [2.45, 2.75) is 31.9 Å². The molecule has 0 atom stereocenters. The SMILES string of the molecule is COC(=O)CCc1ccc(NC(=O)C2CCNCC2)c(C(=O)N(OC(=O)C(F)(F)F)c2ccc(Cl)cn2)c1. The first kappa shape index (κ1) is 28.9. The fraction of sp³-hybridized carbons (Fsp3) is 0.375. The number of anilines is 2. The van der Waals surface area contributed by atoms with E-state index >= 15 is 0 Å². The highest BCUT2D eigenvalue weighted by atomic mass is 35.5. The molecular weight excluding hydrogens is 533 g/mol. The Balaban J connectivity index is 2.01. The Bertz CT molecular complexity index is 1190. The number of benzene rings is 1. The molecule has 3 rings (SSSR count). The van der Waals surface area contributed by atoms with Crippen LogP contribution in [0.25, 0.3) is 0 Å². The maximum absolute atomic E-state index is 13.6. The van der Waals surface area contributed by atoms with Crippen molar-refractivity contribution >= 4 is 46.9 Å². The van der Waals surface area contributed by atoms with E-state index in [9.17, 15) is 32.3 Å². The molecule has 0 aliphatic carbocycles. The van der Waals surface area contributed by atoms with Gasteiger partial charge in [0.2, 0.25) is 5.91 Å². The van der Waals surface area contributed by atoms with Gasteiger partial charge in [0.15, 0.2) is 5.82 Å². The number of amides is 2. The van der Waals surface area contributed by atoms with Crippen LogP contribution in [0.15, 0.2) is 36.5 Å². The van der Waals surface area contributed by atoms with Gasteiger partial charge >= 0.3 is 18.1 Å². The van der Waals surface area contributed by atoms with Crippen LogP contribution in [-0.4, -0.2) is 55.1 Å². The molecule has 2 amide bonds. The quantitative estimate of drug-likeness (QED) is 0.392. The predicted octanol–water partition coefficient (Wildman–Crippen LogP) is 3.45. The first-order valence-electron chi connectivity index (χ1n) is 11.5. The molecule has 1 saturated heterocycles. The van der Waals surface area contributed by atoms with Crippen molar-refractivity contribution < 1.29 is 41.9 Å². The number of alkyl halides is 3. The van der Waals surface area contributed by atoms with Gasteiger partial charge in [-0.15, -0.1) is 5.06 Å². The van der Waals surface area contributed by atoms with Gasteiger partial charge in [0.05, 0.1) is 23.4 Å². The van der Waals surface area contributed by atoms with Gasteiger partial charge in [-0.05, 0) is 62.2 Å². The van der Waals surface area contributed by atoms with E-state index in [2.05, 4.69) is 25.2 Å². The Morgan fingerprint density at radius 1 is 1.16 bits per heavy atom. The minimum atomic E-state index is -5.42. The number of carbonyl (C=O) groups is 4. The molecule has 2 heterocycles. The van der Waals surface area contributed by atoms with Gasteiger partial charge in [-0.2, -0.15) is 13.2 Å². The van der Waals surface area contributed by atoms with E-state index in [1.54, 1.807) is 6.07 Å². The fourth-order valence-electron chi connectivity index (χ4n) is 3.62. The lowest BCUT2D eigenvalue weighted by Gasteiger charge is -2.24. The minimum Gasteiger partial charge on any atom is -0.469 e. The summed E-state index contributed by atoms with van der Waals surface area (Å²) in [5.74, 6) is -5.61. The monoisotopic (exact) mass is 556 g/mol. The van der Waals surface area contributed by atoms with E-state index in [-0.39, 0.29) is 46.0 Å². The van der Waals surface area contributed by atoms with Crippen LogP contribution >= 0.6 is 11.6 Å². The average molecular weight is 557 g/mol. The predicted molar refractivity (Wildman–Crippen MR) is 129 cm³/mol. The lowest BCUT2D eigenvalue weighted by molar-refractivity contribution is -0.200. The van der Waals surface area contributed by atoms with Gasteiger partial charge in [-0.3, -0.25) is 14.4 Å². The lowest BCUT2D eigenvalue weighted by atomic mass is 9.96. The molecule has 14 heteroatoms. The van der Waals surface area contributed by atoms with Gasteiger partial charge in [0, 0.05) is 18.5 Å². The number of methoxy groups -OCH3 is 1. The molecule has 10 nitrogen and oxygen atoms in total. The summed E-state index contributed by atoms with van der Waals surface area (Å²) >= 11 is 5.80. The number of nitrogens with one attached hydrogen (secondary N) is 2. The van der Waals surface area contributed by atoms with Crippen molar-refractivity contribution in [2.24, 2.45) is 5.92 Å². The zero-order valence-electron chi connectivity index (χ0n) is 20.1. The number of hydrogen-bond donors (Lipinski definition) is 2. The number of piperidine rings is 1. The fourth-order valence-corrected chi connectivity index (χ4v) is 3.74. The zero-order chi connectivity index (χ0) is 27.9. The summed E-state index contributed by atoms with van der Waals surface area (Å²) in [7, 11) is 1.21. The number of pyridine rings is 1. The summed E-state index contributed by atoms with van der Waals surface area (Å²) in [6.45, 7) is 1.25. The normalized spacial score (nSPS) is 13.9. The Morgan fingerprint density at radius 2 is 1.87 bits per heavy atom. The third kappa shape index (κ3) is 7.65. The molecule has 38 heavy (non-hydrogen) atoms. The second-order valence-electron chi connectivity index (χ2n) is 8.28. The maximum Gasteiger partial charge on any atom is 0.493 e. The number of carbonyl (C=O) groups excluding carboxylic acids is 4. The molecule has 0 radical (unpaired) electrons. The maximum atomic E-state index is 13.6. The summed E-state index contributed by atoms with van der Waals surface area (Å²) in [4.78, 5) is 57.9. The van der Waals surface area contributed by atoms with Crippen LogP contribution in [0.3, 0.4) is 0 Å². The molecule has 2 aromatic rings. The molecule has 1 aliphatic rings. The van der Waals surface area contributed by atoms with E-state index in [1.807, 2.05) is 0 Å². The number of ether oxygens (including phenoxy) is 1. The first-order valence-corrected chi connectivity index (χ1v) is 11.8. The lowest BCUT2D eigenvalue weighted by Crippen LogP contribution is -2.40. The number of halogens is 4. The van der Waals surface area contributed by atoms with Crippen molar-refractivity contribution in [3.8, 4) is 0 Å². The van der Waals surface area contributed by atoms with Gasteiger partial charge < -0.3 is 20.2 Å². The van der Waals surface area contributed by atoms with Crippen molar-refractivity contribution in [2.75, 3.05) is 30.6 Å². The Labute approximate surface area is 220 Å². The number of rotatable bonds is 7. The van der Waals surface area contributed by atoms with Gasteiger partial charge in [0.25, 0.3) is 5.91 Å². The van der Waals surface area contributed by atoms with Crippen LogP contribution in [-0.2, 0) is 30.4 Å². The van der Waals surface area contributed by atoms with Crippen LogP contribution in [0, 0.1) is 5.92 Å². The van der Waals surface area contributed by atoms with E-state index < -0.39 is 29.8 Å². The van der Waals surface area contributed by atoms with Crippen molar-refractivity contribution in [1.29, 1.82) is 0 Å². The smallest absolute Gasteiger partial charge is 0.469 e. The van der Waals surface area contributed by atoms with Crippen molar-refractivity contribution in [3.63, 3.8) is 0 Å². The van der Waals surface area contributed by atoms with Crippen molar-refractivity contribution in [1.82, 2.24) is 10.3 Å². The largest absolute Gasteiger partial charge is 0.493 e. The molecule has 0 unspecified atom stereocenters. The highest BCUT2D eigenvalue weighted by molar-refractivity contribution is 6.30. The average Bonchev–Trinajstić information content (AvgIpc) is 2.90. The van der Waals surface area contributed by atoms with Gasteiger partial charge in [0.1, 0.15) is 0 Å². The third-order valence-corrected chi connectivity index (χ3v) is 5.86. The molecule has 1 aromatic heterocycles. The highest BCUT2D eigenvalue weighted by Gasteiger charge is 2.44. The van der Waals surface area contributed by atoms with Crippen LogP contribution in [0.1, 0.15) is 35.2 Å². The molecule has 0 saturated carbocycles. The van der Waals surface area contributed by atoms with E-state index in [1.165, 1.54) is 25.3 Å². The number of hydrogen-bond acceptors (Lipinski definition) is 8. The molecule has 204 valence electrons. The number of aromatic nitrogens is 1. The Morgan fingerprint density at radius 3 is 2.47 bits per heavy atom. The first-order chi connectivity index (χ1) is 18.0.